The van der Waals surface area contributed by atoms with Gasteiger partial charge in [0.15, 0.2) is 0 Å². The lowest BCUT2D eigenvalue weighted by atomic mass is 10.1. The van der Waals surface area contributed by atoms with Gasteiger partial charge in [0.1, 0.15) is 23.2 Å². The van der Waals surface area contributed by atoms with Crippen LogP contribution in [0.15, 0.2) is 66.3 Å². The Balaban J connectivity index is 1.64. The Morgan fingerprint density at radius 1 is 1.10 bits per heavy atom. The van der Waals surface area contributed by atoms with Gasteiger partial charge in [-0.05, 0) is 24.3 Å². The smallest absolute Gasteiger partial charge is 0.264 e. The molecular formula is C23H22FN3O2. The van der Waals surface area contributed by atoms with Crippen molar-refractivity contribution in [3.63, 3.8) is 0 Å². The van der Waals surface area contributed by atoms with E-state index in [1.165, 1.54) is 12.1 Å². The van der Waals surface area contributed by atoms with Crippen LogP contribution in [-0.2, 0) is 4.79 Å². The van der Waals surface area contributed by atoms with Crippen molar-refractivity contribution in [2.75, 3.05) is 38.2 Å². The van der Waals surface area contributed by atoms with Crippen molar-refractivity contribution in [2.24, 2.45) is 0 Å². The van der Waals surface area contributed by atoms with Crippen molar-refractivity contribution >= 4 is 17.7 Å². The average Bonchev–Trinajstić information content (AvgIpc) is 2.77. The summed E-state index contributed by atoms with van der Waals surface area (Å²) >= 11 is 0. The van der Waals surface area contributed by atoms with E-state index in [1.54, 1.807) is 42.4 Å². The van der Waals surface area contributed by atoms with Gasteiger partial charge in [0.2, 0.25) is 0 Å². The second kappa shape index (κ2) is 9.56. The highest BCUT2D eigenvalue weighted by Gasteiger charge is 2.24. The van der Waals surface area contributed by atoms with Crippen LogP contribution in [0, 0.1) is 17.1 Å². The molecule has 1 amide bonds. The Kier molecular flexibility index (Phi) is 6.64. The minimum absolute atomic E-state index is 0.0653. The lowest BCUT2D eigenvalue weighted by molar-refractivity contribution is -0.127. The first kappa shape index (κ1) is 20.2. The van der Waals surface area contributed by atoms with E-state index in [0.29, 0.717) is 37.6 Å². The van der Waals surface area contributed by atoms with Gasteiger partial charge in [-0.2, -0.15) is 5.26 Å². The van der Waals surface area contributed by atoms with Gasteiger partial charge in [-0.15, -0.1) is 0 Å². The topological polar surface area (TPSA) is 56.6 Å². The quantitative estimate of drug-likeness (QED) is 0.444. The van der Waals surface area contributed by atoms with E-state index in [4.69, 9.17) is 4.74 Å². The number of piperazine rings is 1. The molecule has 3 rings (SSSR count). The summed E-state index contributed by atoms with van der Waals surface area (Å²) in [7, 11) is 1.59. The standard InChI is InChI=1S/C23H22FN3O2/c1-29-22-12-5-2-7-18(22)8-6-9-19(17-25)23(28)27-15-13-26(14-16-27)21-11-4-3-10-20(21)24/h2-12H,13-16H2,1H3/b8-6+,19-9+. The normalized spacial score (nSPS) is 14.7. The summed E-state index contributed by atoms with van der Waals surface area (Å²) in [6, 6.07) is 16.1. The summed E-state index contributed by atoms with van der Waals surface area (Å²) in [6.45, 7) is 1.90. The highest BCUT2D eigenvalue weighted by atomic mass is 19.1. The minimum atomic E-state index is -0.314. The first-order valence-electron chi connectivity index (χ1n) is 9.34. The predicted molar refractivity (Wildman–Crippen MR) is 111 cm³/mol. The predicted octanol–water partition coefficient (Wildman–Crippen LogP) is 3.65. The van der Waals surface area contributed by atoms with Gasteiger partial charge >= 0.3 is 0 Å². The Hall–Kier alpha value is -3.59. The molecule has 2 aromatic rings. The highest BCUT2D eigenvalue weighted by molar-refractivity contribution is 5.97. The summed E-state index contributed by atoms with van der Waals surface area (Å²) in [6.07, 6.45) is 4.97. The van der Waals surface area contributed by atoms with Crippen LogP contribution < -0.4 is 9.64 Å². The van der Waals surface area contributed by atoms with Crippen molar-refractivity contribution in [3.8, 4) is 11.8 Å². The fourth-order valence-electron chi connectivity index (χ4n) is 3.24. The van der Waals surface area contributed by atoms with E-state index in [9.17, 15) is 14.4 Å². The number of para-hydroxylation sites is 2. The van der Waals surface area contributed by atoms with E-state index in [-0.39, 0.29) is 17.3 Å². The molecule has 0 spiro atoms. The number of halogens is 1. The monoisotopic (exact) mass is 391 g/mol. The van der Waals surface area contributed by atoms with Gasteiger partial charge in [-0.25, -0.2) is 4.39 Å². The number of rotatable bonds is 5. The van der Waals surface area contributed by atoms with E-state index in [0.717, 1.165) is 5.56 Å². The third-order valence-electron chi connectivity index (χ3n) is 4.79. The Morgan fingerprint density at radius 3 is 2.48 bits per heavy atom. The number of ether oxygens (including phenoxy) is 1. The van der Waals surface area contributed by atoms with Crippen LogP contribution in [0.5, 0.6) is 5.75 Å². The van der Waals surface area contributed by atoms with Crippen LogP contribution in [0.1, 0.15) is 5.56 Å². The molecule has 0 atom stereocenters. The maximum absolute atomic E-state index is 14.0. The highest BCUT2D eigenvalue weighted by Crippen LogP contribution is 2.21. The number of amides is 1. The van der Waals surface area contributed by atoms with Gasteiger partial charge in [0, 0.05) is 31.7 Å². The summed E-state index contributed by atoms with van der Waals surface area (Å²) < 4.78 is 19.2. The lowest BCUT2D eigenvalue weighted by Crippen LogP contribution is -2.49. The van der Waals surface area contributed by atoms with E-state index >= 15 is 0 Å². The number of anilines is 1. The first-order chi connectivity index (χ1) is 14.1. The summed E-state index contributed by atoms with van der Waals surface area (Å²) in [4.78, 5) is 16.2. The van der Waals surface area contributed by atoms with Crippen molar-refractivity contribution in [1.29, 1.82) is 5.26 Å². The fraction of sp³-hybridized carbons (Fsp3) is 0.217. The van der Waals surface area contributed by atoms with Crippen LogP contribution in [0.25, 0.3) is 6.08 Å². The summed E-state index contributed by atoms with van der Waals surface area (Å²) in [5, 5.41) is 9.41. The molecule has 5 nitrogen and oxygen atoms in total. The van der Waals surface area contributed by atoms with Crippen LogP contribution >= 0.6 is 0 Å². The largest absolute Gasteiger partial charge is 0.496 e. The second-order valence-electron chi connectivity index (χ2n) is 6.52. The molecule has 0 unspecified atom stereocenters. The first-order valence-corrected chi connectivity index (χ1v) is 9.34. The zero-order valence-electron chi connectivity index (χ0n) is 16.2. The van der Waals surface area contributed by atoms with E-state index < -0.39 is 0 Å². The van der Waals surface area contributed by atoms with Crippen molar-refractivity contribution in [1.82, 2.24) is 4.90 Å². The lowest BCUT2D eigenvalue weighted by Gasteiger charge is -2.36. The number of allylic oxidation sites excluding steroid dienone is 2. The molecule has 0 aromatic heterocycles. The number of nitrogens with zero attached hydrogens (tertiary/aromatic N) is 3. The number of carbonyl (C=O) groups is 1. The van der Waals surface area contributed by atoms with Crippen molar-refractivity contribution < 1.29 is 13.9 Å². The maximum Gasteiger partial charge on any atom is 0.264 e. The third-order valence-corrected chi connectivity index (χ3v) is 4.79. The molecule has 1 aliphatic rings. The number of hydrogen-bond donors (Lipinski definition) is 0. The molecule has 1 heterocycles. The Morgan fingerprint density at radius 2 is 1.79 bits per heavy atom. The molecule has 0 radical (unpaired) electrons. The van der Waals surface area contributed by atoms with Crippen LogP contribution in [-0.4, -0.2) is 44.1 Å². The molecule has 6 heteroatoms. The number of nitriles is 1. The molecule has 0 aliphatic carbocycles. The third kappa shape index (κ3) is 4.82. The van der Waals surface area contributed by atoms with Crippen molar-refractivity contribution in [2.45, 2.75) is 0 Å². The Labute approximate surface area is 169 Å². The number of hydrogen-bond acceptors (Lipinski definition) is 4. The van der Waals surface area contributed by atoms with Crippen molar-refractivity contribution in [3.05, 3.63) is 77.6 Å². The molecule has 0 saturated carbocycles. The maximum atomic E-state index is 14.0. The van der Waals surface area contributed by atoms with Crippen LogP contribution in [0.4, 0.5) is 10.1 Å². The molecule has 0 bridgehead atoms. The zero-order valence-corrected chi connectivity index (χ0v) is 16.2. The van der Waals surface area contributed by atoms with Gasteiger partial charge in [-0.1, -0.05) is 42.5 Å². The van der Waals surface area contributed by atoms with Crippen LogP contribution in [0.2, 0.25) is 0 Å². The molecule has 29 heavy (non-hydrogen) atoms. The van der Waals surface area contributed by atoms with Gasteiger partial charge in [0.25, 0.3) is 5.91 Å². The molecule has 148 valence electrons. The van der Waals surface area contributed by atoms with E-state index in [1.807, 2.05) is 35.2 Å². The Bertz CT molecular complexity index is 970. The molecule has 1 saturated heterocycles. The molecule has 1 aliphatic heterocycles. The molecular weight excluding hydrogens is 369 g/mol. The molecule has 1 fully saturated rings. The zero-order chi connectivity index (χ0) is 20.6. The van der Waals surface area contributed by atoms with Crippen LogP contribution in [0.3, 0.4) is 0 Å². The SMILES string of the molecule is COc1ccccc1/C=C/C=C(\C#N)C(=O)N1CCN(c2ccccc2F)CC1. The second-order valence-corrected chi connectivity index (χ2v) is 6.52. The average molecular weight is 391 g/mol. The van der Waals surface area contributed by atoms with Gasteiger partial charge in [-0.3, -0.25) is 4.79 Å². The minimum Gasteiger partial charge on any atom is -0.496 e. The fourth-order valence-corrected chi connectivity index (χ4v) is 3.24. The number of methoxy groups -OCH3 is 1. The van der Waals surface area contributed by atoms with E-state index in [2.05, 4.69) is 0 Å². The summed E-state index contributed by atoms with van der Waals surface area (Å²) in [5.74, 6) is 0.128. The van der Waals surface area contributed by atoms with Gasteiger partial charge < -0.3 is 14.5 Å². The number of carbonyl (C=O) groups excluding carboxylic acids is 1. The number of benzene rings is 2. The summed E-state index contributed by atoms with van der Waals surface area (Å²) in [5.41, 5.74) is 1.46. The molecule has 0 N–H and O–H groups in total. The molecule has 2 aromatic carbocycles. The van der Waals surface area contributed by atoms with Gasteiger partial charge in [0.05, 0.1) is 12.8 Å².